The molecule has 1 saturated carbocycles. The van der Waals surface area contributed by atoms with Crippen LogP contribution in [0.25, 0.3) is 0 Å². The molecule has 0 saturated heterocycles. The quantitative estimate of drug-likeness (QED) is 0.764. The minimum Gasteiger partial charge on any atom is -0.351 e. The number of anilines is 1. The van der Waals surface area contributed by atoms with E-state index in [1.165, 1.54) is 30.6 Å². The fourth-order valence-electron chi connectivity index (χ4n) is 1.68. The lowest BCUT2D eigenvalue weighted by molar-refractivity contribution is 0.112. The Labute approximate surface area is 98.1 Å². The zero-order chi connectivity index (χ0) is 10.8. The van der Waals surface area contributed by atoms with Gasteiger partial charge in [-0.1, -0.05) is 29.4 Å². The molecule has 15 heavy (non-hydrogen) atoms. The summed E-state index contributed by atoms with van der Waals surface area (Å²) in [5.74, 6) is 0.789. The zero-order valence-corrected chi connectivity index (χ0v) is 10.1. The van der Waals surface area contributed by atoms with Gasteiger partial charge in [-0.3, -0.25) is 4.79 Å². The maximum Gasteiger partial charge on any atom is 0.187 e. The largest absolute Gasteiger partial charge is 0.351 e. The van der Waals surface area contributed by atoms with Crippen LogP contribution >= 0.6 is 22.9 Å². The lowest BCUT2D eigenvalue weighted by Crippen LogP contribution is -2.29. The Morgan fingerprint density at radius 1 is 1.67 bits per heavy atom. The van der Waals surface area contributed by atoms with E-state index in [1.807, 2.05) is 7.05 Å². The summed E-state index contributed by atoms with van der Waals surface area (Å²) in [5, 5.41) is 1.17. The van der Waals surface area contributed by atoms with Gasteiger partial charge in [0.2, 0.25) is 0 Å². The summed E-state index contributed by atoms with van der Waals surface area (Å²) in [5.41, 5.74) is 0. The van der Waals surface area contributed by atoms with Crippen LogP contribution in [0.2, 0.25) is 5.15 Å². The highest BCUT2D eigenvalue weighted by Crippen LogP contribution is 2.31. The van der Waals surface area contributed by atoms with Crippen LogP contribution in [0.5, 0.6) is 0 Å². The van der Waals surface area contributed by atoms with Gasteiger partial charge in [0.1, 0.15) is 4.88 Å². The van der Waals surface area contributed by atoms with Crippen LogP contribution in [-0.4, -0.2) is 24.9 Å². The van der Waals surface area contributed by atoms with E-state index in [0.717, 1.165) is 23.9 Å². The van der Waals surface area contributed by atoms with Gasteiger partial charge in [0.05, 0.1) is 0 Å². The maximum atomic E-state index is 10.6. The second-order valence-electron chi connectivity index (χ2n) is 3.95. The molecule has 1 aliphatic rings. The number of nitrogens with zero attached hydrogens (tertiary/aromatic N) is 2. The predicted octanol–water partition coefficient (Wildman–Crippen LogP) is 2.85. The third-order valence-corrected chi connectivity index (χ3v) is 4.28. The number of hydrogen-bond donors (Lipinski definition) is 0. The molecule has 0 aromatic carbocycles. The van der Waals surface area contributed by atoms with Crippen molar-refractivity contribution in [2.24, 2.45) is 5.92 Å². The van der Waals surface area contributed by atoms with Crippen molar-refractivity contribution in [3.05, 3.63) is 10.0 Å². The van der Waals surface area contributed by atoms with Gasteiger partial charge in [-0.05, 0) is 18.8 Å². The van der Waals surface area contributed by atoms with Crippen molar-refractivity contribution < 1.29 is 4.79 Å². The first-order valence-electron chi connectivity index (χ1n) is 5.03. The van der Waals surface area contributed by atoms with Crippen molar-refractivity contribution in [2.75, 3.05) is 18.5 Å². The number of halogens is 1. The summed E-state index contributed by atoms with van der Waals surface area (Å²) in [4.78, 5) is 17.4. The number of rotatable bonds is 4. The second-order valence-corrected chi connectivity index (χ2v) is 5.31. The molecule has 0 N–H and O–H groups in total. The molecule has 0 aliphatic heterocycles. The maximum absolute atomic E-state index is 10.6. The molecule has 3 nitrogen and oxygen atoms in total. The van der Waals surface area contributed by atoms with Crippen molar-refractivity contribution in [3.8, 4) is 0 Å². The number of carbonyl (C=O) groups is 1. The minimum atomic E-state index is 0.324. The van der Waals surface area contributed by atoms with Gasteiger partial charge in [0.25, 0.3) is 0 Å². The number of thiazole rings is 1. The molecule has 0 spiro atoms. The summed E-state index contributed by atoms with van der Waals surface area (Å²) >= 11 is 7.17. The highest BCUT2D eigenvalue weighted by Gasteiger charge is 2.21. The molecule has 1 aromatic heterocycles. The van der Waals surface area contributed by atoms with Crippen molar-refractivity contribution in [1.29, 1.82) is 0 Å². The highest BCUT2D eigenvalue weighted by molar-refractivity contribution is 7.17. The van der Waals surface area contributed by atoms with E-state index in [1.54, 1.807) is 0 Å². The molecule has 0 atom stereocenters. The van der Waals surface area contributed by atoms with Gasteiger partial charge in [-0.25, -0.2) is 4.98 Å². The second kappa shape index (κ2) is 4.49. The Kier molecular flexibility index (Phi) is 3.26. The van der Waals surface area contributed by atoms with Crippen LogP contribution in [0, 0.1) is 5.92 Å². The fourth-order valence-corrected chi connectivity index (χ4v) is 2.71. The molecular formula is C10H13ClN2OS. The van der Waals surface area contributed by atoms with Crippen LogP contribution in [0.15, 0.2) is 0 Å². The molecule has 1 fully saturated rings. The van der Waals surface area contributed by atoms with E-state index in [2.05, 4.69) is 9.88 Å². The first kappa shape index (κ1) is 10.9. The Bertz CT molecular complexity index is 362. The molecule has 0 unspecified atom stereocenters. The number of aromatic nitrogens is 1. The SMILES string of the molecule is CN(CC1CCC1)c1nc(Cl)c(C=O)s1. The van der Waals surface area contributed by atoms with E-state index in [0.29, 0.717) is 10.0 Å². The molecule has 0 radical (unpaired) electrons. The fraction of sp³-hybridized carbons (Fsp3) is 0.600. The summed E-state index contributed by atoms with van der Waals surface area (Å²) in [6, 6.07) is 0. The van der Waals surface area contributed by atoms with Gasteiger partial charge in [0, 0.05) is 13.6 Å². The Morgan fingerprint density at radius 2 is 2.40 bits per heavy atom. The molecule has 0 bridgehead atoms. The number of hydrogen-bond acceptors (Lipinski definition) is 4. The van der Waals surface area contributed by atoms with Crippen LogP contribution in [-0.2, 0) is 0 Å². The average Bonchev–Trinajstić information content (AvgIpc) is 2.53. The van der Waals surface area contributed by atoms with E-state index in [-0.39, 0.29) is 0 Å². The predicted molar refractivity (Wildman–Crippen MR) is 63.1 cm³/mol. The van der Waals surface area contributed by atoms with Gasteiger partial charge in [-0.2, -0.15) is 0 Å². The van der Waals surface area contributed by atoms with Gasteiger partial charge in [-0.15, -0.1) is 0 Å². The van der Waals surface area contributed by atoms with Crippen molar-refractivity contribution in [2.45, 2.75) is 19.3 Å². The molecule has 1 heterocycles. The Balaban J connectivity index is 2.03. The molecule has 2 rings (SSSR count). The molecule has 0 amide bonds. The normalized spacial score (nSPS) is 16.1. The lowest BCUT2D eigenvalue weighted by atomic mass is 9.85. The molecular weight excluding hydrogens is 232 g/mol. The van der Waals surface area contributed by atoms with Crippen LogP contribution < -0.4 is 4.90 Å². The molecule has 82 valence electrons. The van der Waals surface area contributed by atoms with Gasteiger partial charge < -0.3 is 4.90 Å². The highest BCUT2D eigenvalue weighted by atomic mass is 35.5. The minimum absolute atomic E-state index is 0.324. The van der Waals surface area contributed by atoms with Crippen LogP contribution in [0.1, 0.15) is 28.9 Å². The zero-order valence-electron chi connectivity index (χ0n) is 8.57. The standard InChI is InChI=1S/C10H13ClN2OS/c1-13(5-7-3-2-4-7)10-12-9(11)8(6-14)15-10/h6-7H,2-5H2,1H3. The third-order valence-electron chi connectivity index (χ3n) is 2.79. The number of carbonyl (C=O) groups excluding carboxylic acids is 1. The van der Waals surface area contributed by atoms with Crippen LogP contribution in [0.3, 0.4) is 0 Å². The third kappa shape index (κ3) is 2.32. The van der Waals surface area contributed by atoms with Crippen molar-refractivity contribution in [3.63, 3.8) is 0 Å². The Hall–Kier alpha value is -0.610. The van der Waals surface area contributed by atoms with Crippen molar-refractivity contribution in [1.82, 2.24) is 4.98 Å². The molecule has 1 aromatic rings. The summed E-state index contributed by atoms with van der Waals surface area (Å²) in [6.07, 6.45) is 4.73. The van der Waals surface area contributed by atoms with E-state index >= 15 is 0 Å². The first-order valence-corrected chi connectivity index (χ1v) is 6.23. The monoisotopic (exact) mass is 244 g/mol. The van der Waals surface area contributed by atoms with E-state index < -0.39 is 0 Å². The van der Waals surface area contributed by atoms with Crippen LogP contribution in [0.4, 0.5) is 5.13 Å². The Morgan fingerprint density at radius 3 is 2.87 bits per heavy atom. The molecule has 1 aliphatic carbocycles. The van der Waals surface area contributed by atoms with E-state index in [9.17, 15) is 4.79 Å². The van der Waals surface area contributed by atoms with E-state index in [4.69, 9.17) is 11.6 Å². The lowest BCUT2D eigenvalue weighted by Gasteiger charge is -2.29. The summed E-state index contributed by atoms with van der Waals surface area (Å²) in [6.45, 7) is 1.02. The number of aldehydes is 1. The molecule has 5 heteroatoms. The topological polar surface area (TPSA) is 33.2 Å². The summed E-state index contributed by atoms with van der Waals surface area (Å²) in [7, 11) is 2.00. The van der Waals surface area contributed by atoms with Gasteiger partial charge in [0.15, 0.2) is 16.6 Å². The first-order chi connectivity index (χ1) is 7.20. The summed E-state index contributed by atoms with van der Waals surface area (Å²) < 4.78 is 0. The van der Waals surface area contributed by atoms with Gasteiger partial charge >= 0.3 is 0 Å². The smallest absolute Gasteiger partial charge is 0.187 e. The van der Waals surface area contributed by atoms with Crippen molar-refractivity contribution >= 4 is 34.4 Å². The average molecular weight is 245 g/mol.